The number of rotatable bonds is 4. The van der Waals surface area contributed by atoms with Gasteiger partial charge in [0.15, 0.2) is 5.69 Å². The van der Waals surface area contributed by atoms with Crippen LogP contribution >= 0.6 is 15.9 Å². The standard InChI is InChI=1S/C18H23BrN4O/c1-12(2)15-10-13(19)5-6-16(15)21-18(24)17-7-9-23(22-17)14-4-3-8-20-11-14/h5-7,9-10,12,14,20H,3-4,8,11H2,1-2H3,(H,21,24). The molecular formula is C18H23BrN4O. The second-order valence-corrected chi connectivity index (χ2v) is 7.44. The van der Waals surface area contributed by atoms with Crippen molar-refractivity contribution < 1.29 is 4.79 Å². The fourth-order valence-corrected chi connectivity index (χ4v) is 3.41. The van der Waals surface area contributed by atoms with Crippen LogP contribution in [0.15, 0.2) is 34.9 Å². The summed E-state index contributed by atoms with van der Waals surface area (Å²) in [6, 6.07) is 8.04. The molecule has 0 bridgehead atoms. The van der Waals surface area contributed by atoms with Crippen molar-refractivity contribution in [2.75, 3.05) is 18.4 Å². The topological polar surface area (TPSA) is 59.0 Å². The zero-order chi connectivity index (χ0) is 17.1. The third-order valence-corrected chi connectivity index (χ3v) is 4.86. The number of aromatic nitrogens is 2. The molecule has 0 saturated carbocycles. The SMILES string of the molecule is CC(C)c1cc(Br)ccc1NC(=O)c1ccn(C2CCCNC2)n1. The Morgan fingerprint density at radius 3 is 2.96 bits per heavy atom. The van der Waals surface area contributed by atoms with Crippen molar-refractivity contribution in [3.05, 3.63) is 46.2 Å². The maximum atomic E-state index is 12.6. The Kier molecular flexibility index (Phi) is 5.36. The number of nitrogens with one attached hydrogen (secondary N) is 2. The minimum absolute atomic E-state index is 0.165. The third kappa shape index (κ3) is 3.87. The van der Waals surface area contributed by atoms with Crippen LogP contribution in [0.4, 0.5) is 5.69 Å². The predicted octanol–water partition coefficient (Wildman–Crippen LogP) is 3.95. The van der Waals surface area contributed by atoms with Gasteiger partial charge in [0.1, 0.15) is 0 Å². The van der Waals surface area contributed by atoms with Gasteiger partial charge in [-0.3, -0.25) is 9.48 Å². The minimum atomic E-state index is -0.165. The monoisotopic (exact) mass is 390 g/mol. The maximum Gasteiger partial charge on any atom is 0.276 e. The van der Waals surface area contributed by atoms with Gasteiger partial charge in [0.05, 0.1) is 6.04 Å². The number of amides is 1. The van der Waals surface area contributed by atoms with E-state index < -0.39 is 0 Å². The number of halogens is 1. The van der Waals surface area contributed by atoms with Crippen molar-refractivity contribution in [1.29, 1.82) is 0 Å². The van der Waals surface area contributed by atoms with E-state index in [1.165, 1.54) is 0 Å². The fraction of sp³-hybridized carbons (Fsp3) is 0.444. The van der Waals surface area contributed by atoms with Gasteiger partial charge in [-0.25, -0.2) is 0 Å². The summed E-state index contributed by atoms with van der Waals surface area (Å²) < 4.78 is 2.92. The van der Waals surface area contributed by atoms with E-state index in [-0.39, 0.29) is 5.91 Å². The van der Waals surface area contributed by atoms with Gasteiger partial charge in [-0.15, -0.1) is 0 Å². The van der Waals surface area contributed by atoms with Crippen molar-refractivity contribution in [3.63, 3.8) is 0 Å². The molecule has 1 amide bonds. The number of piperidine rings is 1. The fourth-order valence-electron chi connectivity index (χ4n) is 3.03. The number of nitrogens with zero attached hydrogens (tertiary/aromatic N) is 2. The summed E-state index contributed by atoms with van der Waals surface area (Å²) in [6.07, 6.45) is 4.14. The van der Waals surface area contributed by atoms with Gasteiger partial charge in [0, 0.05) is 22.9 Å². The summed E-state index contributed by atoms with van der Waals surface area (Å²) in [4.78, 5) is 12.6. The molecule has 2 aromatic rings. The molecule has 1 aromatic heterocycles. The molecule has 1 aliphatic rings. The Hall–Kier alpha value is -1.66. The highest BCUT2D eigenvalue weighted by atomic mass is 79.9. The molecule has 5 nitrogen and oxygen atoms in total. The van der Waals surface area contributed by atoms with E-state index in [1.54, 1.807) is 6.07 Å². The van der Waals surface area contributed by atoms with Gasteiger partial charge >= 0.3 is 0 Å². The van der Waals surface area contributed by atoms with Gasteiger partial charge < -0.3 is 10.6 Å². The lowest BCUT2D eigenvalue weighted by atomic mass is 10.0. The molecule has 2 N–H and O–H groups in total. The summed E-state index contributed by atoms with van der Waals surface area (Å²) >= 11 is 3.49. The number of anilines is 1. The average Bonchev–Trinajstić information content (AvgIpc) is 3.07. The molecule has 1 unspecified atom stereocenters. The zero-order valence-electron chi connectivity index (χ0n) is 14.1. The lowest BCUT2D eigenvalue weighted by Crippen LogP contribution is -2.32. The highest BCUT2D eigenvalue weighted by Crippen LogP contribution is 2.28. The second-order valence-electron chi connectivity index (χ2n) is 6.52. The van der Waals surface area contributed by atoms with Crippen LogP contribution in [0, 0.1) is 0 Å². The average molecular weight is 391 g/mol. The van der Waals surface area contributed by atoms with Crippen LogP contribution < -0.4 is 10.6 Å². The number of benzene rings is 1. The third-order valence-electron chi connectivity index (χ3n) is 4.37. The van der Waals surface area contributed by atoms with Crippen molar-refractivity contribution in [1.82, 2.24) is 15.1 Å². The number of hydrogen-bond donors (Lipinski definition) is 2. The summed E-state index contributed by atoms with van der Waals surface area (Å²) in [5.41, 5.74) is 2.40. The Morgan fingerprint density at radius 2 is 2.25 bits per heavy atom. The lowest BCUT2D eigenvalue weighted by molar-refractivity contribution is 0.102. The van der Waals surface area contributed by atoms with E-state index >= 15 is 0 Å². The van der Waals surface area contributed by atoms with Crippen molar-refractivity contribution in [3.8, 4) is 0 Å². The smallest absolute Gasteiger partial charge is 0.276 e. The van der Waals surface area contributed by atoms with Crippen LogP contribution in [0.2, 0.25) is 0 Å². The number of carbonyl (C=O) groups is 1. The molecule has 3 rings (SSSR count). The van der Waals surface area contributed by atoms with E-state index in [9.17, 15) is 4.79 Å². The van der Waals surface area contributed by atoms with E-state index in [0.29, 0.717) is 17.7 Å². The first-order chi connectivity index (χ1) is 11.5. The summed E-state index contributed by atoms with van der Waals surface area (Å²) in [5, 5.41) is 10.8. The lowest BCUT2D eigenvalue weighted by Gasteiger charge is -2.22. The molecule has 1 aliphatic heterocycles. The van der Waals surface area contributed by atoms with E-state index in [2.05, 4.69) is 45.5 Å². The molecule has 128 valence electrons. The maximum absolute atomic E-state index is 12.6. The van der Waals surface area contributed by atoms with Gasteiger partial charge in [-0.05, 0) is 55.1 Å². The molecule has 2 heterocycles. The number of hydrogen-bond acceptors (Lipinski definition) is 3. The first kappa shape index (κ1) is 17.2. The summed E-state index contributed by atoms with van der Waals surface area (Å²) in [6.45, 7) is 6.20. The van der Waals surface area contributed by atoms with Crippen LogP contribution in [0.1, 0.15) is 54.7 Å². The van der Waals surface area contributed by atoms with Gasteiger partial charge in [-0.2, -0.15) is 5.10 Å². The van der Waals surface area contributed by atoms with E-state index in [0.717, 1.165) is 41.7 Å². The molecule has 1 aromatic carbocycles. The predicted molar refractivity (Wildman–Crippen MR) is 99.6 cm³/mol. The zero-order valence-corrected chi connectivity index (χ0v) is 15.6. The highest BCUT2D eigenvalue weighted by molar-refractivity contribution is 9.10. The number of carbonyl (C=O) groups excluding carboxylic acids is 1. The molecule has 0 aliphatic carbocycles. The van der Waals surface area contributed by atoms with Crippen LogP contribution in [-0.4, -0.2) is 28.8 Å². The largest absolute Gasteiger partial charge is 0.320 e. The molecular weight excluding hydrogens is 368 g/mol. The summed E-state index contributed by atoms with van der Waals surface area (Å²) in [7, 11) is 0. The van der Waals surface area contributed by atoms with Gasteiger partial charge in [-0.1, -0.05) is 29.8 Å². The quantitative estimate of drug-likeness (QED) is 0.830. The van der Waals surface area contributed by atoms with Gasteiger partial charge in [0.25, 0.3) is 5.91 Å². The van der Waals surface area contributed by atoms with E-state index in [4.69, 9.17) is 0 Å². The van der Waals surface area contributed by atoms with Crippen LogP contribution in [0.3, 0.4) is 0 Å². The summed E-state index contributed by atoms with van der Waals surface area (Å²) in [5.74, 6) is 0.158. The Morgan fingerprint density at radius 1 is 1.42 bits per heavy atom. The van der Waals surface area contributed by atoms with Crippen LogP contribution in [0.25, 0.3) is 0 Å². The van der Waals surface area contributed by atoms with Gasteiger partial charge in [0.2, 0.25) is 0 Å². The Bertz CT molecular complexity index is 720. The first-order valence-corrected chi connectivity index (χ1v) is 9.20. The second kappa shape index (κ2) is 7.49. The van der Waals surface area contributed by atoms with Crippen molar-refractivity contribution >= 4 is 27.5 Å². The molecule has 0 spiro atoms. The molecule has 1 atom stereocenters. The van der Waals surface area contributed by atoms with Crippen molar-refractivity contribution in [2.24, 2.45) is 0 Å². The van der Waals surface area contributed by atoms with E-state index in [1.807, 2.05) is 29.1 Å². The minimum Gasteiger partial charge on any atom is -0.320 e. The normalized spacial score (nSPS) is 17.9. The Balaban J connectivity index is 1.75. The van der Waals surface area contributed by atoms with Crippen LogP contribution in [-0.2, 0) is 0 Å². The van der Waals surface area contributed by atoms with Crippen molar-refractivity contribution in [2.45, 2.75) is 38.6 Å². The van der Waals surface area contributed by atoms with Crippen LogP contribution in [0.5, 0.6) is 0 Å². The molecule has 0 radical (unpaired) electrons. The molecule has 6 heteroatoms. The first-order valence-electron chi connectivity index (χ1n) is 8.41. The molecule has 1 fully saturated rings. The Labute approximate surface area is 151 Å². The molecule has 1 saturated heterocycles. The highest BCUT2D eigenvalue weighted by Gasteiger charge is 2.18. The molecule has 24 heavy (non-hydrogen) atoms.